The Hall–Kier alpha value is -3.35. The molecule has 25 heavy (non-hydrogen) atoms. The van der Waals surface area contributed by atoms with Gasteiger partial charge in [0.15, 0.2) is 0 Å². The first-order valence-electron chi connectivity index (χ1n) is 7.28. The van der Waals surface area contributed by atoms with Gasteiger partial charge in [-0.1, -0.05) is 12.1 Å². The van der Waals surface area contributed by atoms with Crippen molar-refractivity contribution < 1.29 is 22.8 Å². The first-order chi connectivity index (χ1) is 11.9. The Balaban J connectivity index is 1.93. The zero-order valence-electron chi connectivity index (χ0n) is 12.5. The number of carbonyl (C=O) groups excluding carboxylic acids is 2. The van der Waals surface area contributed by atoms with Crippen molar-refractivity contribution in [3.8, 4) is 0 Å². The van der Waals surface area contributed by atoms with E-state index in [2.05, 4.69) is 10.6 Å². The number of halogens is 3. The molecule has 0 aromatic heterocycles. The van der Waals surface area contributed by atoms with Crippen LogP contribution in [0.3, 0.4) is 0 Å². The van der Waals surface area contributed by atoms with E-state index in [-0.39, 0.29) is 28.1 Å². The first-order valence-corrected chi connectivity index (χ1v) is 7.28. The summed E-state index contributed by atoms with van der Waals surface area (Å²) in [5.74, 6) is -3.40. The van der Waals surface area contributed by atoms with Crippen molar-refractivity contribution in [3.05, 3.63) is 82.2 Å². The monoisotopic (exact) mass is 342 g/mol. The maximum Gasteiger partial charge on any atom is 0.258 e. The van der Waals surface area contributed by atoms with E-state index < -0.39 is 29.3 Å². The van der Waals surface area contributed by atoms with Crippen LogP contribution in [-0.4, -0.2) is 11.8 Å². The van der Waals surface area contributed by atoms with Gasteiger partial charge in [-0.05, 0) is 24.3 Å². The number of rotatable bonds is 2. The molecule has 0 saturated heterocycles. The number of nitrogens with one attached hydrogen (secondary N) is 2. The van der Waals surface area contributed by atoms with Crippen LogP contribution in [-0.2, 0) is 9.59 Å². The summed E-state index contributed by atoms with van der Waals surface area (Å²) >= 11 is 0. The number of carbonyl (C=O) groups is 2. The van der Waals surface area contributed by atoms with Gasteiger partial charge in [-0.3, -0.25) is 9.59 Å². The smallest absolute Gasteiger partial charge is 0.258 e. The van der Waals surface area contributed by atoms with E-state index in [0.717, 1.165) is 12.1 Å². The van der Waals surface area contributed by atoms with Gasteiger partial charge < -0.3 is 10.6 Å². The molecule has 0 aliphatic carbocycles. The van der Waals surface area contributed by atoms with Crippen LogP contribution in [0.1, 0.15) is 11.1 Å². The van der Waals surface area contributed by atoms with Gasteiger partial charge in [-0.25, -0.2) is 13.2 Å². The second-order valence-electron chi connectivity index (χ2n) is 5.58. The van der Waals surface area contributed by atoms with Crippen LogP contribution in [0.4, 0.5) is 13.2 Å². The molecule has 2 heterocycles. The Bertz CT molecular complexity index is 1000. The molecule has 2 aliphatic heterocycles. The van der Waals surface area contributed by atoms with Crippen molar-refractivity contribution in [2.75, 3.05) is 0 Å². The summed E-state index contributed by atoms with van der Waals surface area (Å²) in [4.78, 5) is 24.7. The van der Waals surface area contributed by atoms with Crippen LogP contribution in [0, 0.1) is 17.5 Å². The maximum atomic E-state index is 13.5. The second kappa shape index (κ2) is 5.34. The molecular weight excluding hydrogens is 333 g/mol. The molecule has 0 radical (unpaired) electrons. The zero-order valence-corrected chi connectivity index (χ0v) is 12.5. The predicted molar refractivity (Wildman–Crippen MR) is 82.9 cm³/mol. The van der Waals surface area contributed by atoms with Crippen molar-refractivity contribution in [1.82, 2.24) is 10.6 Å². The molecule has 2 N–H and O–H groups in total. The Morgan fingerprint density at radius 1 is 0.640 bits per heavy atom. The fraction of sp³-hybridized carbons (Fsp3) is 0. The zero-order chi connectivity index (χ0) is 17.7. The summed E-state index contributed by atoms with van der Waals surface area (Å²) in [6.45, 7) is 0. The quantitative estimate of drug-likeness (QED) is 0.881. The first kappa shape index (κ1) is 15.2. The lowest BCUT2D eigenvalue weighted by Crippen LogP contribution is -2.21. The predicted octanol–water partition coefficient (Wildman–Crippen LogP) is 2.49. The summed E-state index contributed by atoms with van der Waals surface area (Å²) in [6, 6.07) is 8.12. The third-order valence-electron chi connectivity index (χ3n) is 3.95. The van der Waals surface area contributed by atoms with Crippen molar-refractivity contribution in [1.29, 1.82) is 0 Å². The SMILES string of the molecule is O=C1NC(c2cc(F)cc(F)c2)=C2C(=O)NC(c3cccc(F)c3)=C12. The topological polar surface area (TPSA) is 58.2 Å². The third kappa shape index (κ3) is 2.40. The fourth-order valence-electron chi connectivity index (χ4n) is 2.96. The van der Waals surface area contributed by atoms with Crippen LogP contribution in [0.2, 0.25) is 0 Å². The van der Waals surface area contributed by atoms with Crippen LogP contribution in [0.25, 0.3) is 11.4 Å². The van der Waals surface area contributed by atoms with E-state index in [9.17, 15) is 22.8 Å². The highest BCUT2D eigenvalue weighted by Gasteiger charge is 2.41. The van der Waals surface area contributed by atoms with Crippen LogP contribution >= 0.6 is 0 Å². The summed E-state index contributed by atoms with van der Waals surface area (Å²) in [6.07, 6.45) is 0. The van der Waals surface area contributed by atoms with Crippen LogP contribution in [0.15, 0.2) is 53.6 Å². The molecule has 0 bridgehead atoms. The lowest BCUT2D eigenvalue weighted by molar-refractivity contribution is -0.117. The molecule has 2 amide bonds. The average Bonchev–Trinajstić information content (AvgIpc) is 3.06. The van der Waals surface area contributed by atoms with Crippen molar-refractivity contribution in [2.45, 2.75) is 0 Å². The highest BCUT2D eigenvalue weighted by atomic mass is 19.1. The molecule has 0 saturated carbocycles. The molecule has 7 heteroatoms. The van der Waals surface area contributed by atoms with Gasteiger partial charge in [0.2, 0.25) is 0 Å². The molecule has 4 rings (SSSR count). The van der Waals surface area contributed by atoms with Crippen molar-refractivity contribution in [3.63, 3.8) is 0 Å². The number of amides is 2. The standard InChI is InChI=1S/C18H9F3N2O2/c19-10-3-1-2-8(4-10)15-13-14(18(25)22-15)16(23-17(13)24)9-5-11(20)7-12(21)6-9/h1-7H,(H,22,25)(H,23,24). The van der Waals surface area contributed by atoms with E-state index in [1.807, 2.05) is 0 Å². The number of hydrogen-bond donors (Lipinski definition) is 2. The third-order valence-corrected chi connectivity index (χ3v) is 3.95. The maximum absolute atomic E-state index is 13.5. The molecule has 2 aromatic carbocycles. The summed E-state index contributed by atoms with van der Waals surface area (Å²) in [7, 11) is 0. The average molecular weight is 342 g/mol. The molecule has 0 fully saturated rings. The van der Waals surface area contributed by atoms with E-state index in [0.29, 0.717) is 11.6 Å². The molecular formula is C18H9F3N2O2. The Morgan fingerprint density at radius 3 is 1.72 bits per heavy atom. The number of fused-ring (bicyclic) bond motifs is 1. The highest BCUT2D eigenvalue weighted by Crippen LogP contribution is 2.37. The lowest BCUT2D eigenvalue weighted by Gasteiger charge is -2.07. The molecule has 4 nitrogen and oxygen atoms in total. The van der Waals surface area contributed by atoms with Gasteiger partial charge in [0.05, 0.1) is 22.5 Å². The van der Waals surface area contributed by atoms with Crippen molar-refractivity contribution >= 4 is 23.2 Å². The van der Waals surface area contributed by atoms with Gasteiger partial charge in [0.25, 0.3) is 11.8 Å². The second-order valence-corrected chi connectivity index (χ2v) is 5.58. The summed E-state index contributed by atoms with van der Waals surface area (Å²) < 4.78 is 40.4. The van der Waals surface area contributed by atoms with Crippen LogP contribution < -0.4 is 10.6 Å². The number of hydrogen-bond acceptors (Lipinski definition) is 2. The van der Waals surface area contributed by atoms with Gasteiger partial charge >= 0.3 is 0 Å². The molecule has 0 atom stereocenters. The van der Waals surface area contributed by atoms with Gasteiger partial charge in [-0.15, -0.1) is 0 Å². The minimum atomic E-state index is -0.835. The Kier molecular flexibility index (Phi) is 3.24. The fourth-order valence-corrected chi connectivity index (χ4v) is 2.96. The summed E-state index contributed by atoms with van der Waals surface area (Å²) in [5.41, 5.74) is 0.530. The lowest BCUT2D eigenvalue weighted by atomic mass is 10.0. The molecule has 2 aliphatic rings. The van der Waals surface area contributed by atoms with E-state index in [1.54, 1.807) is 6.07 Å². The number of benzene rings is 2. The van der Waals surface area contributed by atoms with Gasteiger partial charge in [-0.2, -0.15) is 0 Å². The van der Waals surface area contributed by atoms with Gasteiger partial charge in [0, 0.05) is 17.2 Å². The molecule has 2 aromatic rings. The molecule has 0 unspecified atom stereocenters. The highest BCUT2D eigenvalue weighted by molar-refractivity contribution is 6.30. The van der Waals surface area contributed by atoms with E-state index >= 15 is 0 Å². The minimum absolute atomic E-state index is 0.0160. The van der Waals surface area contributed by atoms with E-state index in [4.69, 9.17) is 0 Å². The van der Waals surface area contributed by atoms with Gasteiger partial charge in [0.1, 0.15) is 17.5 Å². The molecule has 124 valence electrons. The summed E-state index contributed by atoms with van der Waals surface area (Å²) in [5, 5.41) is 4.99. The largest absolute Gasteiger partial charge is 0.321 e. The minimum Gasteiger partial charge on any atom is -0.321 e. The Morgan fingerprint density at radius 2 is 1.16 bits per heavy atom. The van der Waals surface area contributed by atoms with Crippen LogP contribution in [0.5, 0.6) is 0 Å². The van der Waals surface area contributed by atoms with E-state index in [1.165, 1.54) is 18.2 Å². The molecule has 0 spiro atoms. The normalized spacial score (nSPS) is 16.3. The van der Waals surface area contributed by atoms with Crippen molar-refractivity contribution in [2.24, 2.45) is 0 Å². The Labute approximate surface area is 139 Å².